The van der Waals surface area contributed by atoms with E-state index in [2.05, 4.69) is 15.6 Å². The fourth-order valence-electron chi connectivity index (χ4n) is 3.89. The zero-order chi connectivity index (χ0) is 26.0. The molecule has 4 N–H and O–H groups in total. The lowest BCUT2D eigenvalue weighted by atomic mass is 10.0. The Morgan fingerprint density at radius 3 is 2.08 bits per heavy atom. The molecule has 8 heteroatoms. The van der Waals surface area contributed by atoms with Crippen LogP contribution >= 0.6 is 0 Å². The second-order valence-corrected chi connectivity index (χ2v) is 8.61. The van der Waals surface area contributed by atoms with Crippen molar-refractivity contribution in [2.75, 3.05) is 0 Å². The van der Waals surface area contributed by atoms with Crippen LogP contribution in [0.1, 0.15) is 16.8 Å². The van der Waals surface area contributed by atoms with Crippen LogP contribution in [0.5, 0.6) is 0 Å². The number of benzene rings is 3. The van der Waals surface area contributed by atoms with Crippen LogP contribution in [-0.4, -0.2) is 35.0 Å². The molecule has 8 nitrogen and oxygen atoms in total. The van der Waals surface area contributed by atoms with Gasteiger partial charge >= 0.3 is 6.09 Å². The minimum atomic E-state index is -1.01. The summed E-state index contributed by atoms with van der Waals surface area (Å²) in [6.07, 6.45) is -0.429. The Morgan fingerprint density at radius 2 is 1.38 bits per heavy atom. The molecule has 1 aromatic heterocycles. The molecule has 0 aliphatic rings. The molecule has 3 amide bonds. The maximum absolute atomic E-state index is 13.3. The number of aromatic nitrogens is 1. The number of nitrogens with one attached hydrogen (secondary N) is 2. The molecule has 4 rings (SSSR count). The van der Waals surface area contributed by atoms with E-state index in [0.29, 0.717) is 5.69 Å². The van der Waals surface area contributed by atoms with Gasteiger partial charge in [0.2, 0.25) is 11.8 Å². The summed E-state index contributed by atoms with van der Waals surface area (Å²) in [5.41, 5.74) is 8.65. The topological polar surface area (TPSA) is 123 Å². The number of hydrogen-bond acceptors (Lipinski definition) is 5. The third-order valence-corrected chi connectivity index (χ3v) is 5.83. The van der Waals surface area contributed by atoms with E-state index in [9.17, 15) is 14.4 Å². The van der Waals surface area contributed by atoms with Gasteiger partial charge in [-0.05, 0) is 23.3 Å². The zero-order valence-electron chi connectivity index (χ0n) is 20.2. The molecule has 0 aliphatic heterocycles. The van der Waals surface area contributed by atoms with Crippen molar-refractivity contribution in [1.82, 2.24) is 15.6 Å². The molecule has 0 unspecified atom stereocenters. The number of amides is 3. The fraction of sp³-hybridized carbons (Fsp3) is 0.172. The van der Waals surface area contributed by atoms with Gasteiger partial charge in [-0.3, -0.25) is 14.6 Å². The highest BCUT2D eigenvalue weighted by Crippen LogP contribution is 2.13. The standard InChI is InChI=1S/C29H28N4O4/c30-27(34)25(18-23-16-15-22-13-7-8-14-24(22)31-23)32-28(35)26(17-20-9-3-1-4-10-20)33-29(36)37-19-21-11-5-2-6-12-21/h1-16,25-26H,17-19H2,(H2,30,34)(H,32,35)(H,33,36)/t25-,26+/m1/s1. The zero-order valence-corrected chi connectivity index (χ0v) is 20.2. The number of carbonyl (C=O) groups excluding carboxylic acids is 3. The Labute approximate surface area is 214 Å². The Balaban J connectivity index is 1.45. The normalized spacial score (nSPS) is 12.3. The van der Waals surface area contributed by atoms with E-state index in [1.54, 1.807) is 6.07 Å². The quantitative estimate of drug-likeness (QED) is 0.311. The van der Waals surface area contributed by atoms with Crippen molar-refractivity contribution in [3.05, 3.63) is 114 Å². The van der Waals surface area contributed by atoms with E-state index < -0.39 is 30.0 Å². The molecular weight excluding hydrogens is 468 g/mol. The summed E-state index contributed by atoms with van der Waals surface area (Å²) in [5.74, 6) is -1.25. The van der Waals surface area contributed by atoms with E-state index >= 15 is 0 Å². The third-order valence-electron chi connectivity index (χ3n) is 5.83. The predicted molar refractivity (Wildman–Crippen MR) is 140 cm³/mol. The summed E-state index contributed by atoms with van der Waals surface area (Å²) in [4.78, 5) is 42.6. The molecule has 0 saturated carbocycles. The van der Waals surface area contributed by atoms with Crippen LogP contribution in [0, 0.1) is 0 Å². The number of para-hydroxylation sites is 1. The van der Waals surface area contributed by atoms with Crippen molar-refractivity contribution in [1.29, 1.82) is 0 Å². The first-order chi connectivity index (χ1) is 18.0. The van der Waals surface area contributed by atoms with Gasteiger partial charge < -0.3 is 21.1 Å². The number of alkyl carbamates (subject to hydrolysis) is 1. The molecule has 188 valence electrons. The first-order valence-corrected chi connectivity index (χ1v) is 11.9. The first-order valence-electron chi connectivity index (χ1n) is 11.9. The van der Waals surface area contributed by atoms with Gasteiger partial charge in [-0.2, -0.15) is 0 Å². The highest BCUT2D eigenvalue weighted by atomic mass is 16.5. The second-order valence-electron chi connectivity index (χ2n) is 8.61. The van der Waals surface area contributed by atoms with Gasteiger partial charge in [-0.25, -0.2) is 4.79 Å². The Hall–Kier alpha value is -4.72. The van der Waals surface area contributed by atoms with Crippen molar-refractivity contribution >= 4 is 28.8 Å². The van der Waals surface area contributed by atoms with Crippen LogP contribution in [0.4, 0.5) is 4.79 Å². The van der Waals surface area contributed by atoms with Gasteiger partial charge in [0, 0.05) is 23.9 Å². The number of pyridine rings is 1. The molecule has 1 heterocycles. The number of nitrogens with two attached hydrogens (primary N) is 1. The Morgan fingerprint density at radius 1 is 0.730 bits per heavy atom. The van der Waals surface area contributed by atoms with Crippen LogP contribution in [0.15, 0.2) is 97.1 Å². The Bertz CT molecular complexity index is 1360. The molecular formula is C29H28N4O4. The lowest BCUT2D eigenvalue weighted by molar-refractivity contribution is -0.128. The second kappa shape index (κ2) is 12.3. The molecule has 0 radical (unpaired) electrons. The number of ether oxygens (including phenoxy) is 1. The van der Waals surface area contributed by atoms with Crippen LogP contribution < -0.4 is 16.4 Å². The van der Waals surface area contributed by atoms with Gasteiger partial charge in [0.05, 0.1) is 5.52 Å². The lowest BCUT2D eigenvalue weighted by Crippen LogP contribution is -2.54. The van der Waals surface area contributed by atoms with E-state index in [1.807, 2.05) is 91.0 Å². The fourth-order valence-corrected chi connectivity index (χ4v) is 3.89. The number of carbonyl (C=O) groups is 3. The maximum Gasteiger partial charge on any atom is 0.408 e. The predicted octanol–water partition coefficient (Wildman–Crippen LogP) is 3.29. The van der Waals surface area contributed by atoms with Crippen LogP contribution in [0.3, 0.4) is 0 Å². The minimum Gasteiger partial charge on any atom is -0.445 e. The average Bonchev–Trinajstić information content (AvgIpc) is 2.92. The molecule has 0 spiro atoms. The van der Waals surface area contributed by atoms with Crippen molar-refractivity contribution in [2.24, 2.45) is 5.73 Å². The van der Waals surface area contributed by atoms with Crippen LogP contribution in [0.25, 0.3) is 10.9 Å². The van der Waals surface area contributed by atoms with E-state index in [4.69, 9.17) is 10.5 Å². The summed E-state index contributed by atoms with van der Waals surface area (Å²) >= 11 is 0. The van der Waals surface area contributed by atoms with Crippen molar-refractivity contribution < 1.29 is 19.1 Å². The van der Waals surface area contributed by atoms with E-state index in [0.717, 1.165) is 22.0 Å². The first kappa shape index (κ1) is 25.4. The highest BCUT2D eigenvalue weighted by Gasteiger charge is 2.27. The molecule has 37 heavy (non-hydrogen) atoms. The van der Waals surface area contributed by atoms with E-state index in [1.165, 1.54) is 0 Å². The van der Waals surface area contributed by atoms with Crippen LogP contribution in [0.2, 0.25) is 0 Å². The monoisotopic (exact) mass is 496 g/mol. The van der Waals surface area contributed by atoms with E-state index in [-0.39, 0.29) is 19.4 Å². The molecule has 0 bridgehead atoms. The number of fused-ring (bicyclic) bond motifs is 1. The van der Waals surface area contributed by atoms with Gasteiger partial charge in [0.25, 0.3) is 0 Å². The average molecular weight is 497 g/mol. The Kier molecular flexibility index (Phi) is 8.44. The van der Waals surface area contributed by atoms with Crippen LogP contribution in [-0.2, 0) is 33.8 Å². The summed E-state index contributed by atoms with van der Waals surface area (Å²) in [7, 11) is 0. The van der Waals surface area contributed by atoms with Gasteiger partial charge in [0.1, 0.15) is 18.7 Å². The lowest BCUT2D eigenvalue weighted by Gasteiger charge is -2.22. The largest absolute Gasteiger partial charge is 0.445 e. The maximum atomic E-state index is 13.3. The van der Waals surface area contributed by atoms with Gasteiger partial charge in [-0.15, -0.1) is 0 Å². The molecule has 0 fully saturated rings. The van der Waals surface area contributed by atoms with Crippen molar-refractivity contribution in [3.63, 3.8) is 0 Å². The summed E-state index contributed by atoms with van der Waals surface area (Å²) in [6.45, 7) is 0.0594. The molecule has 2 atom stereocenters. The SMILES string of the molecule is NC(=O)[C@@H](Cc1ccc2ccccc2n1)NC(=O)[C@H](Cc1ccccc1)NC(=O)OCc1ccccc1. The molecule has 0 aliphatic carbocycles. The van der Waals surface area contributed by atoms with Crippen molar-refractivity contribution in [2.45, 2.75) is 31.5 Å². The van der Waals surface area contributed by atoms with Crippen molar-refractivity contribution in [3.8, 4) is 0 Å². The summed E-state index contributed by atoms with van der Waals surface area (Å²) < 4.78 is 5.30. The summed E-state index contributed by atoms with van der Waals surface area (Å²) in [5, 5.41) is 6.28. The van der Waals surface area contributed by atoms with Gasteiger partial charge in [0.15, 0.2) is 0 Å². The molecule has 4 aromatic rings. The number of nitrogens with zero attached hydrogens (tertiary/aromatic N) is 1. The smallest absolute Gasteiger partial charge is 0.408 e. The number of primary amides is 1. The summed E-state index contributed by atoms with van der Waals surface area (Å²) in [6, 6.07) is 27.8. The van der Waals surface area contributed by atoms with Gasteiger partial charge in [-0.1, -0.05) is 84.9 Å². The highest BCUT2D eigenvalue weighted by molar-refractivity contribution is 5.91. The number of hydrogen-bond donors (Lipinski definition) is 3. The molecule has 3 aromatic carbocycles. The number of rotatable bonds is 10. The minimum absolute atomic E-state index is 0.0594. The molecule has 0 saturated heterocycles. The third kappa shape index (κ3) is 7.38.